The van der Waals surface area contributed by atoms with Gasteiger partial charge in [-0.2, -0.15) is 8.42 Å². The van der Waals surface area contributed by atoms with E-state index in [1.54, 1.807) is 12.1 Å². The number of rotatable bonds is 5. The topological polar surface area (TPSA) is 63.6 Å². The Balaban J connectivity index is 2.11. The molecule has 0 fully saturated rings. The average Bonchev–Trinajstić information content (AvgIpc) is 2.38. The first-order valence-corrected chi connectivity index (χ1v) is 7.59. The Kier molecular flexibility index (Phi) is 4.54. The van der Waals surface area contributed by atoms with Crippen molar-refractivity contribution in [3.63, 3.8) is 0 Å². The molecule has 0 spiro atoms. The molecule has 5 heteroatoms. The van der Waals surface area contributed by atoms with E-state index in [4.69, 9.17) is 4.74 Å². The summed E-state index contributed by atoms with van der Waals surface area (Å²) in [5.74, 6) is 0. The van der Waals surface area contributed by atoms with Crippen LogP contribution in [0.15, 0.2) is 53.4 Å². The van der Waals surface area contributed by atoms with E-state index in [0.29, 0.717) is 12.2 Å². The fourth-order valence-corrected chi connectivity index (χ4v) is 2.61. The highest BCUT2D eigenvalue weighted by molar-refractivity contribution is 7.85. The van der Waals surface area contributed by atoms with Crippen molar-refractivity contribution in [2.45, 2.75) is 25.0 Å². The SMILES string of the molecule is Cc1ccc(S(=O)(=O)O)c(COCc2ccccc2)c1. The first-order valence-electron chi connectivity index (χ1n) is 6.15. The third-order valence-electron chi connectivity index (χ3n) is 2.86. The first kappa shape index (κ1) is 14.7. The lowest BCUT2D eigenvalue weighted by atomic mass is 10.1. The summed E-state index contributed by atoms with van der Waals surface area (Å²) in [6, 6.07) is 14.3. The van der Waals surface area contributed by atoms with Crippen molar-refractivity contribution in [1.29, 1.82) is 0 Å². The zero-order chi connectivity index (χ0) is 14.6. The van der Waals surface area contributed by atoms with Crippen molar-refractivity contribution in [2.24, 2.45) is 0 Å². The highest BCUT2D eigenvalue weighted by Crippen LogP contribution is 2.18. The van der Waals surface area contributed by atoms with Gasteiger partial charge in [-0.05, 0) is 24.1 Å². The van der Waals surface area contributed by atoms with Gasteiger partial charge in [0, 0.05) is 0 Å². The minimum Gasteiger partial charge on any atom is -0.372 e. The van der Waals surface area contributed by atoms with Crippen LogP contribution < -0.4 is 0 Å². The number of benzene rings is 2. The lowest BCUT2D eigenvalue weighted by Gasteiger charge is -2.09. The Bertz CT molecular complexity index is 678. The van der Waals surface area contributed by atoms with Gasteiger partial charge in [0.25, 0.3) is 10.1 Å². The lowest BCUT2D eigenvalue weighted by molar-refractivity contribution is 0.105. The molecule has 0 amide bonds. The van der Waals surface area contributed by atoms with Crippen molar-refractivity contribution in [3.05, 3.63) is 65.2 Å². The van der Waals surface area contributed by atoms with Gasteiger partial charge in [-0.1, -0.05) is 48.0 Å². The van der Waals surface area contributed by atoms with Crippen LogP contribution in [-0.4, -0.2) is 13.0 Å². The standard InChI is InChI=1S/C15H16O4S/c1-12-7-8-15(20(16,17)18)14(9-12)11-19-10-13-5-3-2-4-6-13/h2-9H,10-11H2,1H3,(H,16,17,18). The predicted octanol–water partition coefficient (Wildman–Crippen LogP) is 2.96. The molecule has 0 saturated carbocycles. The average molecular weight is 292 g/mol. The van der Waals surface area contributed by atoms with E-state index in [1.165, 1.54) is 6.07 Å². The summed E-state index contributed by atoms with van der Waals surface area (Å²) in [4.78, 5) is -0.101. The largest absolute Gasteiger partial charge is 0.372 e. The van der Waals surface area contributed by atoms with Crippen LogP contribution in [0, 0.1) is 6.92 Å². The Hall–Kier alpha value is -1.69. The van der Waals surface area contributed by atoms with Crippen molar-refractivity contribution in [1.82, 2.24) is 0 Å². The van der Waals surface area contributed by atoms with Crippen molar-refractivity contribution >= 4 is 10.1 Å². The summed E-state index contributed by atoms with van der Waals surface area (Å²) in [5, 5.41) is 0. The summed E-state index contributed by atoms with van der Waals surface area (Å²) < 4.78 is 37.3. The molecule has 0 heterocycles. The lowest BCUT2D eigenvalue weighted by Crippen LogP contribution is -2.05. The molecular weight excluding hydrogens is 276 g/mol. The zero-order valence-corrected chi connectivity index (χ0v) is 11.9. The fourth-order valence-electron chi connectivity index (χ4n) is 1.93. The minimum absolute atomic E-state index is 0.101. The van der Waals surface area contributed by atoms with E-state index in [1.807, 2.05) is 37.3 Å². The molecule has 0 atom stereocenters. The highest BCUT2D eigenvalue weighted by Gasteiger charge is 2.15. The Morgan fingerprint density at radius 1 is 1.05 bits per heavy atom. The quantitative estimate of drug-likeness (QED) is 0.861. The van der Waals surface area contributed by atoms with Crippen LogP contribution in [0.2, 0.25) is 0 Å². The maximum absolute atomic E-state index is 11.3. The maximum atomic E-state index is 11.3. The smallest absolute Gasteiger partial charge is 0.294 e. The monoisotopic (exact) mass is 292 g/mol. The van der Waals surface area contributed by atoms with Gasteiger partial charge >= 0.3 is 0 Å². The zero-order valence-electron chi connectivity index (χ0n) is 11.1. The Morgan fingerprint density at radius 3 is 2.40 bits per heavy atom. The van der Waals surface area contributed by atoms with Crippen LogP contribution in [0.25, 0.3) is 0 Å². The van der Waals surface area contributed by atoms with Crippen LogP contribution in [0.5, 0.6) is 0 Å². The van der Waals surface area contributed by atoms with E-state index >= 15 is 0 Å². The van der Waals surface area contributed by atoms with Gasteiger partial charge in [-0.15, -0.1) is 0 Å². The number of hydrogen-bond acceptors (Lipinski definition) is 3. The maximum Gasteiger partial charge on any atom is 0.294 e. The van der Waals surface area contributed by atoms with Crippen LogP contribution in [0.1, 0.15) is 16.7 Å². The number of aryl methyl sites for hydroxylation is 1. The first-order chi connectivity index (χ1) is 9.47. The van der Waals surface area contributed by atoms with E-state index in [2.05, 4.69) is 0 Å². The summed E-state index contributed by atoms with van der Waals surface area (Å²) in [6.45, 7) is 2.37. The van der Waals surface area contributed by atoms with Gasteiger partial charge in [0.15, 0.2) is 0 Å². The predicted molar refractivity (Wildman–Crippen MR) is 75.9 cm³/mol. The Labute approximate surface area is 118 Å². The summed E-state index contributed by atoms with van der Waals surface area (Å²) >= 11 is 0. The normalized spacial score (nSPS) is 11.5. The fraction of sp³-hybridized carbons (Fsp3) is 0.200. The van der Waals surface area contributed by atoms with Gasteiger partial charge in [0.2, 0.25) is 0 Å². The molecule has 0 aliphatic heterocycles. The summed E-state index contributed by atoms with van der Waals surface area (Å²) in [6.07, 6.45) is 0. The molecule has 1 N–H and O–H groups in total. The molecule has 2 aromatic carbocycles. The van der Waals surface area contributed by atoms with Crippen LogP contribution in [0.3, 0.4) is 0 Å². The van der Waals surface area contributed by atoms with E-state index in [9.17, 15) is 13.0 Å². The van der Waals surface area contributed by atoms with E-state index in [0.717, 1.165) is 11.1 Å². The number of ether oxygens (including phenoxy) is 1. The van der Waals surface area contributed by atoms with E-state index < -0.39 is 10.1 Å². The molecule has 0 bridgehead atoms. The molecule has 0 aliphatic rings. The van der Waals surface area contributed by atoms with Crippen molar-refractivity contribution < 1.29 is 17.7 Å². The molecule has 0 aromatic heterocycles. The molecule has 2 rings (SSSR count). The molecule has 106 valence electrons. The summed E-state index contributed by atoms with van der Waals surface area (Å²) in [5.41, 5.74) is 2.38. The van der Waals surface area contributed by atoms with Gasteiger partial charge < -0.3 is 4.74 Å². The van der Waals surface area contributed by atoms with Crippen molar-refractivity contribution in [2.75, 3.05) is 0 Å². The molecule has 0 radical (unpaired) electrons. The molecule has 2 aromatic rings. The molecular formula is C15H16O4S. The summed E-state index contributed by atoms with van der Waals surface area (Å²) in [7, 11) is -4.23. The van der Waals surface area contributed by atoms with Crippen molar-refractivity contribution in [3.8, 4) is 0 Å². The van der Waals surface area contributed by atoms with E-state index in [-0.39, 0.29) is 11.5 Å². The second kappa shape index (κ2) is 6.17. The molecule has 0 saturated heterocycles. The highest BCUT2D eigenvalue weighted by atomic mass is 32.2. The van der Waals surface area contributed by atoms with Gasteiger partial charge in [0.05, 0.1) is 18.1 Å². The van der Waals surface area contributed by atoms with Gasteiger partial charge in [0.1, 0.15) is 0 Å². The molecule has 0 aliphatic carbocycles. The molecule has 0 unspecified atom stereocenters. The van der Waals surface area contributed by atoms with Gasteiger partial charge in [-0.3, -0.25) is 4.55 Å². The Morgan fingerprint density at radius 2 is 1.75 bits per heavy atom. The second-order valence-corrected chi connectivity index (χ2v) is 5.95. The van der Waals surface area contributed by atoms with Crippen LogP contribution >= 0.6 is 0 Å². The van der Waals surface area contributed by atoms with Gasteiger partial charge in [-0.25, -0.2) is 0 Å². The number of hydrogen-bond donors (Lipinski definition) is 1. The molecule has 20 heavy (non-hydrogen) atoms. The third kappa shape index (κ3) is 3.90. The second-order valence-electron chi connectivity index (χ2n) is 4.56. The third-order valence-corrected chi connectivity index (χ3v) is 3.82. The van der Waals surface area contributed by atoms with Crippen LogP contribution in [0.4, 0.5) is 0 Å². The van der Waals surface area contributed by atoms with Crippen LogP contribution in [-0.2, 0) is 28.1 Å². The minimum atomic E-state index is -4.23. The molecule has 4 nitrogen and oxygen atoms in total.